The van der Waals surface area contributed by atoms with Crippen molar-refractivity contribution in [1.82, 2.24) is 4.90 Å². The van der Waals surface area contributed by atoms with Gasteiger partial charge in [0.25, 0.3) is 11.8 Å². The highest BCUT2D eigenvalue weighted by molar-refractivity contribution is 7.01. The minimum absolute atomic E-state index is 0.0453. The summed E-state index contributed by atoms with van der Waals surface area (Å²) >= 11 is 0. The lowest BCUT2D eigenvalue weighted by Gasteiger charge is -2.34. The maximum Gasteiger partial charge on any atom is 0.490 e. The van der Waals surface area contributed by atoms with Crippen molar-refractivity contribution in [2.45, 2.75) is 57.9 Å². The first kappa shape index (κ1) is 28.3. The molecule has 1 saturated heterocycles. The van der Waals surface area contributed by atoms with Crippen LogP contribution in [0.25, 0.3) is 0 Å². The van der Waals surface area contributed by atoms with Crippen molar-refractivity contribution in [2.24, 2.45) is 5.92 Å². The van der Waals surface area contributed by atoms with E-state index < -0.39 is 26.4 Å². The second-order valence-electron chi connectivity index (χ2n) is 12.2. The third-order valence-corrected chi connectivity index (χ3v) is 13.7. The molecule has 0 radical (unpaired) electrons. The van der Waals surface area contributed by atoms with Crippen molar-refractivity contribution in [1.29, 1.82) is 0 Å². The van der Waals surface area contributed by atoms with Gasteiger partial charge in [-0.25, -0.2) is 0 Å². The molecule has 3 aromatic carbocycles. The van der Waals surface area contributed by atoms with Crippen LogP contribution >= 0.6 is 0 Å². The molecule has 0 bridgehead atoms. The Bertz CT molecular complexity index is 1330. The van der Waals surface area contributed by atoms with Crippen LogP contribution in [-0.2, 0) is 9.31 Å². The van der Waals surface area contributed by atoms with Crippen LogP contribution in [0.4, 0.5) is 0 Å². The molecule has 2 aliphatic rings. The van der Waals surface area contributed by atoms with Crippen LogP contribution in [0.1, 0.15) is 54.8 Å². The van der Waals surface area contributed by atoms with Crippen LogP contribution in [0.15, 0.2) is 97.0 Å². The number of amides is 2. The summed E-state index contributed by atoms with van der Waals surface area (Å²) in [6.07, 6.45) is 0.580. The van der Waals surface area contributed by atoms with Crippen molar-refractivity contribution in [3.8, 4) is 0 Å². The molecule has 3 aromatic rings. The van der Waals surface area contributed by atoms with Crippen molar-refractivity contribution in [2.75, 3.05) is 6.54 Å². The number of benzene rings is 3. The quantitative estimate of drug-likeness (QED) is 0.265. The predicted molar refractivity (Wildman–Crippen MR) is 164 cm³/mol. The molecule has 2 amide bonds. The molecule has 0 saturated carbocycles. The van der Waals surface area contributed by atoms with Gasteiger partial charge in [0.15, 0.2) is 0 Å². The van der Waals surface area contributed by atoms with Crippen LogP contribution in [0.3, 0.4) is 0 Å². The highest BCUT2D eigenvalue weighted by Gasteiger charge is 2.53. The Morgan fingerprint density at radius 2 is 1.23 bits per heavy atom. The standard InChI is InChI=1S/C33H38BNO4Si/c1-24(34-38-32(2,3)33(4,5)39-34)25(21-22-35-30(36)28-19-13-14-20-29(28)31(35)37)23-40(6,26-15-9-7-10-16-26)27-17-11-8-12-18-27/h7-20,25H,1,21-23H2,2-6H3/t25-/m1/s1. The molecule has 0 N–H and O–H groups in total. The number of hydrogen-bond acceptors (Lipinski definition) is 4. The number of allylic oxidation sites excluding steroid dienone is 1. The normalized spacial score (nSPS) is 18.6. The van der Waals surface area contributed by atoms with Gasteiger partial charge in [0, 0.05) is 6.54 Å². The fourth-order valence-electron chi connectivity index (χ4n) is 5.84. The number of carbonyl (C=O) groups excluding carboxylic acids is 2. The third-order valence-electron chi connectivity index (χ3n) is 9.14. The van der Waals surface area contributed by atoms with Crippen LogP contribution in [-0.4, -0.2) is 49.7 Å². The number of imide groups is 1. The van der Waals surface area contributed by atoms with Gasteiger partial charge in [0.05, 0.1) is 22.3 Å². The Hall–Kier alpha value is -3.26. The fourth-order valence-corrected chi connectivity index (χ4v) is 9.95. The van der Waals surface area contributed by atoms with Crippen LogP contribution in [0.5, 0.6) is 0 Å². The minimum Gasteiger partial charge on any atom is -0.400 e. The summed E-state index contributed by atoms with van der Waals surface area (Å²) in [4.78, 5) is 27.8. The smallest absolute Gasteiger partial charge is 0.400 e. The molecule has 5 nitrogen and oxygen atoms in total. The predicted octanol–water partition coefficient (Wildman–Crippen LogP) is 5.37. The number of rotatable bonds is 9. The first-order valence-corrected chi connectivity index (χ1v) is 16.8. The second-order valence-corrected chi connectivity index (χ2v) is 16.5. The first-order chi connectivity index (χ1) is 18.9. The SMILES string of the molecule is C=C(B1OC(C)(C)C(C)(C)O1)[C@H](CCN1C(=O)c2ccccc2C1=O)C[Si](C)(c1ccccc1)c1ccccc1. The molecule has 0 aromatic heterocycles. The largest absolute Gasteiger partial charge is 0.490 e. The Morgan fingerprint density at radius 1 is 0.800 bits per heavy atom. The van der Waals surface area contributed by atoms with Gasteiger partial charge in [0.1, 0.15) is 8.07 Å². The van der Waals surface area contributed by atoms with Gasteiger partial charge in [-0.2, -0.15) is 0 Å². The molecule has 0 unspecified atom stereocenters. The van der Waals surface area contributed by atoms with Crippen molar-refractivity contribution in [3.05, 3.63) is 108 Å². The average Bonchev–Trinajstić information content (AvgIpc) is 3.33. The molecule has 0 aliphatic carbocycles. The Morgan fingerprint density at radius 3 is 1.68 bits per heavy atom. The minimum atomic E-state index is -2.28. The van der Waals surface area contributed by atoms with Gasteiger partial charge in [-0.05, 0) is 63.7 Å². The molecule has 0 spiro atoms. The maximum atomic E-state index is 13.2. The number of nitrogens with zero attached hydrogens (tertiary/aromatic N) is 1. The molecule has 1 atom stereocenters. The monoisotopic (exact) mass is 551 g/mol. The summed E-state index contributed by atoms with van der Waals surface area (Å²) in [7, 11) is -2.85. The summed E-state index contributed by atoms with van der Waals surface area (Å²) < 4.78 is 12.9. The zero-order valence-electron chi connectivity index (χ0n) is 24.1. The lowest BCUT2D eigenvalue weighted by molar-refractivity contribution is 0.00578. The Kier molecular flexibility index (Phi) is 7.51. The number of carbonyl (C=O) groups is 2. The molecular formula is C33H38BNO4Si. The van der Waals surface area contributed by atoms with Gasteiger partial charge in [-0.3, -0.25) is 14.5 Å². The zero-order valence-corrected chi connectivity index (χ0v) is 25.1. The summed E-state index contributed by atoms with van der Waals surface area (Å²) in [6.45, 7) is 15.4. The molecule has 2 heterocycles. The molecular weight excluding hydrogens is 513 g/mol. The first-order valence-electron chi connectivity index (χ1n) is 14.1. The third kappa shape index (κ3) is 5.02. The molecule has 2 aliphatic heterocycles. The lowest BCUT2D eigenvalue weighted by Crippen LogP contribution is -2.57. The maximum absolute atomic E-state index is 13.2. The van der Waals surface area contributed by atoms with Gasteiger partial charge in [-0.1, -0.05) is 89.7 Å². The Balaban J connectivity index is 1.48. The summed E-state index contributed by atoms with van der Waals surface area (Å²) in [5, 5.41) is 2.65. The van der Waals surface area contributed by atoms with Crippen LogP contribution in [0, 0.1) is 5.92 Å². The number of hydrogen-bond donors (Lipinski definition) is 0. The van der Waals surface area contributed by atoms with E-state index in [0.29, 0.717) is 24.1 Å². The van der Waals surface area contributed by atoms with Gasteiger partial charge >= 0.3 is 7.12 Å². The molecule has 1 fully saturated rings. The van der Waals surface area contributed by atoms with Crippen molar-refractivity contribution in [3.63, 3.8) is 0 Å². The molecule has 40 heavy (non-hydrogen) atoms. The fraction of sp³-hybridized carbons (Fsp3) is 0.333. The van der Waals surface area contributed by atoms with Crippen molar-refractivity contribution >= 4 is 37.4 Å². The van der Waals surface area contributed by atoms with E-state index in [0.717, 1.165) is 11.5 Å². The Labute approximate surface area is 239 Å². The van der Waals surface area contributed by atoms with E-state index in [-0.39, 0.29) is 17.7 Å². The van der Waals surface area contributed by atoms with E-state index in [4.69, 9.17) is 9.31 Å². The summed E-state index contributed by atoms with van der Waals surface area (Å²) in [5.74, 6) is -0.505. The number of fused-ring (bicyclic) bond motifs is 1. The van der Waals surface area contributed by atoms with E-state index in [2.05, 4.69) is 61.7 Å². The van der Waals surface area contributed by atoms with Gasteiger partial charge in [0.2, 0.25) is 0 Å². The average molecular weight is 552 g/mol. The highest BCUT2D eigenvalue weighted by atomic mass is 28.3. The van der Waals surface area contributed by atoms with E-state index in [1.165, 1.54) is 15.3 Å². The zero-order chi connectivity index (χ0) is 28.7. The summed E-state index contributed by atoms with van der Waals surface area (Å²) in [5.41, 5.74) is 0.824. The molecule has 5 rings (SSSR count). The highest BCUT2D eigenvalue weighted by Crippen LogP contribution is 2.41. The van der Waals surface area contributed by atoms with E-state index >= 15 is 0 Å². The molecule has 206 valence electrons. The van der Waals surface area contributed by atoms with E-state index in [1.54, 1.807) is 24.3 Å². The van der Waals surface area contributed by atoms with Crippen LogP contribution < -0.4 is 10.4 Å². The van der Waals surface area contributed by atoms with Crippen molar-refractivity contribution < 1.29 is 18.9 Å². The molecule has 7 heteroatoms. The summed E-state index contributed by atoms with van der Waals surface area (Å²) in [6, 6.07) is 29.3. The van der Waals surface area contributed by atoms with Gasteiger partial charge < -0.3 is 9.31 Å². The van der Waals surface area contributed by atoms with Crippen LogP contribution in [0.2, 0.25) is 12.6 Å². The second kappa shape index (κ2) is 10.6. The topological polar surface area (TPSA) is 55.8 Å². The lowest BCUT2D eigenvalue weighted by atomic mass is 9.71. The van der Waals surface area contributed by atoms with E-state index in [1.807, 2.05) is 39.8 Å². The van der Waals surface area contributed by atoms with E-state index in [9.17, 15) is 9.59 Å². The van der Waals surface area contributed by atoms with Gasteiger partial charge in [-0.15, -0.1) is 6.58 Å².